The third-order valence-corrected chi connectivity index (χ3v) is 3.11. The van der Waals surface area contributed by atoms with Gasteiger partial charge in [0.25, 0.3) is 0 Å². The van der Waals surface area contributed by atoms with Crippen LogP contribution in [-0.4, -0.2) is 36.1 Å². The maximum Gasteiger partial charge on any atom is 0.303 e. The molecule has 2 unspecified atom stereocenters. The topological polar surface area (TPSA) is 78.4 Å². The molecule has 1 aliphatic heterocycles. The lowest BCUT2D eigenvalue weighted by Gasteiger charge is -2.27. The number of unbranched alkanes of at least 4 members (excludes halogenated alkanes) is 1. The molecule has 0 aromatic rings. The molecule has 1 rings (SSSR count). The number of carboxylic acid groups (broad SMARTS) is 1. The summed E-state index contributed by atoms with van der Waals surface area (Å²) >= 11 is 0. The van der Waals surface area contributed by atoms with E-state index in [9.17, 15) is 9.59 Å². The molecule has 17 heavy (non-hydrogen) atoms. The van der Waals surface area contributed by atoms with Crippen LogP contribution in [-0.2, 0) is 9.59 Å². The molecule has 0 saturated carbocycles. The summed E-state index contributed by atoms with van der Waals surface area (Å²) in [5.74, 6) is -0.539. The van der Waals surface area contributed by atoms with Crippen molar-refractivity contribution in [3.8, 4) is 0 Å². The number of amides is 1. The smallest absolute Gasteiger partial charge is 0.303 e. The van der Waals surface area contributed by atoms with Crippen molar-refractivity contribution >= 4 is 11.9 Å². The van der Waals surface area contributed by atoms with Crippen molar-refractivity contribution < 1.29 is 14.7 Å². The minimum absolute atomic E-state index is 0.116. The summed E-state index contributed by atoms with van der Waals surface area (Å²) in [6.45, 7) is 3.58. The lowest BCUT2D eigenvalue weighted by Crippen LogP contribution is -2.42. The van der Waals surface area contributed by atoms with Crippen LogP contribution in [0.3, 0.4) is 0 Å². The van der Waals surface area contributed by atoms with Gasteiger partial charge in [-0.15, -0.1) is 0 Å². The van der Waals surface area contributed by atoms with Crippen molar-refractivity contribution in [1.82, 2.24) is 10.6 Å². The van der Waals surface area contributed by atoms with Crippen molar-refractivity contribution in [1.29, 1.82) is 0 Å². The number of rotatable bonds is 6. The Morgan fingerprint density at radius 3 is 2.82 bits per heavy atom. The normalized spacial score (nSPS) is 24.3. The molecule has 0 aromatic carbocycles. The second kappa shape index (κ2) is 7.27. The summed E-state index contributed by atoms with van der Waals surface area (Å²) in [6, 6.07) is 0.409. The van der Waals surface area contributed by atoms with Gasteiger partial charge in [0, 0.05) is 24.9 Å². The molecule has 0 spiro atoms. The molecule has 2 atom stereocenters. The molecule has 0 aliphatic carbocycles. The predicted octanol–water partition coefficient (Wildman–Crippen LogP) is 0.746. The zero-order valence-corrected chi connectivity index (χ0v) is 10.4. The maximum atomic E-state index is 11.8. The Hall–Kier alpha value is -1.10. The van der Waals surface area contributed by atoms with E-state index in [1.165, 1.54) is 0 Å². The Labute approximate surface area is 102 Å². The van der Waals surface area contributed by atoms with Gasteiger partial charge in [-0.05, 0) is 39.2 Å². The zero-order valence-electron chi connectivity index (χ0n) is 10.4. The molecule has 5 heteroatoms. The number of carbonyl (C=O) groups excluding carboxylic acids is 1. The predicted molar refractivity (Wildman–Crippen MR) is 64.7 cm³/mol. The Morgan fingerprint density at radius 1 is 1.41 bits per heavy atom. The van der Waals surface area contributed by atoms with Gasteiger partial charge in [0.1, 0.15) is 0 Å². The summed E-state index contributed by atoms with van der Waals surface area (Å²) in [5.41, 5.74) is 0. The molecule has 1 amide bonds. The third-order valence-electron chi connectivity index (χ3n) is 3.11. The fraction of sp³-hybridized carbons (Fsp3) is 0.833. The van der Waals surface area contributed by atoms with Gasteiger partial charge in [-0.25, -0.2) is 0 Å². The number of carboxylic acids is 1. The number of carbonyl (C=O) groups is 2. The van der Waals surface area contributed by atoms with E-state index in [1.54, 1.807) is 0 Å². The highest BCUT2D eigenvalue weighted by Gasteiger charge is 2.23. The van der Waals surface area contributed by atoms with E-state index in [1.807, 2.05) is 0 Å². The second-order valence-electron chi connectivity index (χ2n) is 4.72. The highest BCUT2D eigenvalue weighted by Crippen LogP contribution is 2.15. The van der Waals surface area contributed by atoms with Gasteiger partial charge >= 0.3 is 5.97 Å². The Morgan fingerprint density at radius 2 is 2.18 bits per heavy atom. The molecule has 0 radical (unpaired) electrons. The largest absolute Gasteiger partial charge is 0.481 e. The summed E-state index contributed by atoms with van der Waals surface area (Å²) < 4.78 is 0. The van der Waals surface area contributed by atoms with Crippen LogP contribution in [0.4, 0.5) is 0 Å². The molecule has 1 fully saturated rings. The molecule has 0 bridgehead atoms. The first kappa shape index (κ1) is 14.0. The lowest BCUT2D eigenvalue weighted by atomic mass is 9.92. The molecule has 3 N–H and O–H groups in total. The van der Waals surface area contributed by atoms with Crippen LogP contribution in [0.2, 0.25) is 0 Å². The van der Waals surface area contributed by atoms with Crippen LogP contribution < -0.4 is 10.6 Å². The van der Waals surface area contributed by atoms with Gasteiger partial charge in [-0.2, -0.15) is 0 Å². The minimum Gasteiger partial charge on any atom is -0.481 e. The highest BCUT2D eigenvalue weighted by atomic mass is 16.4. The molecule has 1 aliphatic rings. The minimum atomic E-state index is -0.775. The fourth-order valence-electron chi connectivity index (χ4n) is 2.13. The first-order valence-electron chi connectivity index (χ1n) is 6.32. The number of hydrogen-bond donors (Lipinski definition) is 3. The van der Waals surface area contributed by atoms with Crippen molar-refractivity contribution in [2.24, 2.45) is 5.92 Å². The Bertz CT molecular complexity index is 268. The summed E-state index contributed by atoms with van der Waals surface area (Å²) in [5, 5.41) is 14.7. The molecular weight excluding hydrogens is 220 g/mol. The number of piperidine rings is 1. The van der Waals surface area contributed by atoms with Crippen molar-refractivity contribution in [2.75, 3.05) is 13.1 Å². The Balaban J connectivity index is 2.10. The highest BCUT2D eigenvalue weighted by molar-refractivity contribution is 5.78. The van der Waals surface area contributed by atoms with Crippen LogP contribution in [0.1, 0.15) is 39.0 Å². The molecule has 0 aromatic heterocycles. The average molecular weight is 242 g/mol. The average Bonchev–Trinajstić information content (AvgIpc) is 2.28. The fourth-order valence-corrected chi connectivity index (χ4v) is 2.13. The number of aliphatic carboxylic acids is 1. The summed E-state index contributed by atoms with van der Waals surface area (Å²) in [4.78, 5) is 22.1. The first-order valence-corrected chi connectivity index (χ1v) is 6.32. The van der Waals surface area contributed by atoms with Gasteiger partial charge in [0.15, 0.2) is 0 Å². The monoisotopic (exact) mass is 242 g/mol. The van der Waals surface area contributed by atoms with Crippen LogP contribution in [0.15, 0.2) is 0 Å². The quantitative estimate of drug-likeness (QED) is 0.600. The standard InChI is InChI=1S/C12H22N2O3/c1-9-8-10(5-7-13-9)12(17)14-6-3-2-4-11(15)16/h9-10,13H,2-8H2,1H3,(H,14,17)(H,15,16). The van der Waals surface area contributed by atoms with E-state index in [2.05, 4.69) is 17.6 Å². The van der Waals surface area contributed by atoms with Crippen molar-refractivity contribution in [2.45, 2.75) is 45.1 Å². The molecule has 5 nitrogen and oxygen atoms in total. The summed E-state index contributed by atoms with van der Waals surface area (Å²) in [7, 11) is 0. The van der Waals surface area contributed by atoms with E-state index in [0.717, 1.165) is 25.8 Å². The van der Waals surface area contributed by atoms with Crippen molar-refractivity contribution in [3.63, 3.8) is 0 Å². The van der Waals surface area contributed by atoms with Gasteiger partial charge < -0.3 is 15.7 Å². The number of nitrogens with one attached hydrogen (secondary N) is 2. The van der Waals surface area contributed by atoms with E-state index in [4.69, 9.17) is 5.11 Å². The SMILES string of the molecule is CC1CC(C(=O)NCCCCC(=O)O)CCN1. The van der Waals surface area contributed by atoms with E-state index < -0.39 is 5.97 Å². The molecule has 98 valence electrons. The van der Waals surface area contributed by atoms with E-state index >= 15 is 0 Å². The summed E-state index contributed by atoms with van der Waals surface area (Å²) in [6.07, 6.45) is 3.32. The Kier molecular flexibility index (Phi) is 5.97. The van der Waals surface area contributed by atoms with Crippen LogP contribution in [0.25, 0.3) is 0 Å². The van der Waals surface area contributed by atoms with Crippen LogP contribution in [0.5, 0.6) is 0 Å². The van der Waals surface area contributed by atoms with Gasteiger partial charge in [-0.1, -0.05) is 0 Å². The van der Waals surface area contributed by atoms with Crippen molar-refractivity contribution in [3.05, 3.63) is 0 Å². The van der Waals surface area contributed by atoms with Gasteiger partial charge in [0.05, 0.1) is 0 Å². The second-order valence-corrected chi connectivity index (χ2v) is 4.72. The van der Waals surface area contributed by atoms with Crippen LogP contribution in [0, 0.1) is 5.92 Å². The third kappa shape index (κ3) is 5.68. The van der Waals surface area contributed by atoms with Gasteiger partial charge in [0.2, 0.25) is 5.91 Å². The van der Waals surface area contributed by atoms with Crippen LogP contribution >= 0.6 is 0 Å². The van der Waals surface area contributed by atoms with E-state index in [0.29, 0.717) is 19.0 Å². The molecule has 1 saturated heterocycles. The zero-order chi connectivity index (χ0) is 12.7. The lowest BCUT2D eigenvalue weighted by molar-refractivity contribution is -0.137. The van der Waals surface area contributed by atoms with E-state index in [-0.39, 0.29) is 18.2 Å². The number of hydrogen-bond acceptors (Lipinski definition) is 3. The molecular formula is C12H22N2O3. The van der Waals surface area contributed by atoms with Gasteiger partial charge in [-0.3, -0.25) is 9.59 Å². The first-order chi connectivity index (χ1) is 8.09. The molecule has 1 heterocycles. The maximum absolute atomic E-state index is 11.8.